The molecule has 0 aliphatic rings. The van der Waals surface area contributed by atoms with Crippen LogP contribution in [0, 0.1) is 0 Å². The highest BCUT2D eigenvalue weighted by Crippen LogP contribution is 2.31. The zero-order valence-electron chi connectivity index (χ0n) is 11.2. The van der Waals surface area contributed by atoms with Gasteiger partial charge in [-0.2, -0.15) is 5.10 Å². The van der Waals surface area contributed by atoms with Crippen molar-refractivity contribution in [1.82, 2.24) is 14.8 Å². The van der Waals surface area contributed by atoms with Gasteiger partial charge in [-0.05, 0) is 24.6 Å². The molecular weight excluding hydrogens is 244 g/mol. The van der Waals surface area contributed by atoms with Crippen molar-refractivity contribution in [3.63, 3.8) is 0 Å². The number of hydrogen-bond acceptors (Lipinski definition) is 5. The van der Waals surface area contributed by atoms with Crippen molar-refractivity contribution in [3.8, 4) is 11.5 Å². The first-order valence-electron chi connectivity index (χ1n) is 6.08. The quantitative estimate of drug-likeness (QED) is 0.837. The van der Waals surface area contributed by atoms with Crippen molar-refractivity contribution in [3.05, 3.63) is 35.9 Å². The molecule has 0 amide bonds. The van der Waals surface area contributed by atoms with E-state index in [2.05, 4.69) is 10.1 Å². The van der Waals surface area contributed by atoms with E-state index >= 15 is 0 Å². The van der Waals surface area contributed by atoms with E-state index in [1.54, 1.807) is 11.8 Å². The molecule has 2 rings (SSSR count). The summed E-state index contributed by atoms with van der Waals surface area (Å²) >= 11 is 0. The fraction of sp³-hybridized carbons (Fsp3) is 0.385. The van der Waals surface area contributed by atoms with Crippen LogP contribution in [0.1, 0.15) is 11.4 Å². The topological polar surface area (TPSA) is 75.2 Å². The molecule has 0 unspecified atom stereocenters. The van der Waals surface area contributed by atoms with Crippen molar-refractivity contribution in [2.45, 2.75) is 13.0 Å². The zero-order valence-corrected chi connectivity index (χ0v) is 11.2. The normalized spacial score (nSPS) is 10.5. The van der Waals surface area contributed by atoms with Gasteiger partial charge in [-0.25, -0.2) is 4.98 Å². The average molecular weight is 262 g/mol. The van der Waals surface area contributed by atoms with E-state index in [9.17, 15) is 0 Å². The van der Waals surface area contributed by atoms with Gasteiger partial charge in [0.25, 0.3) is 0 Å². The summed E-state index contributed by atoms with van der Waals surface area (Å²) in [5.74, 6) is 2.18. The number of nitrogens with zero attached hydrogens (tertiary/aromatic N) is 3. The summed E-state index contributed by atoms with van der Waals surface area (Å²) in [7, 11) is 3.45. The van der Waals surface area contributed by atoms with Crippen LogP contribution in [0.2, 0.25) is 0 Å². The van der Waals surface area contributed by atoms with Gasteiger partial charge in [-0.3, -0.25) is 4.68 Å². The van der Waals surface area contributed by atoms with E-state index in [0.29, 0.717) is 18.9 Å². The van der Waals surface area contributed by atoms with Crippen LogP contribution < -0.4 is 15.2 Å². The number of nitrogens with two attached hydrogens (primary N) is 1. The largest absolute Gasteiger partial charge is 0.493 e. The molecule has 0 saturated carbocycles. The Morgan fingerprint density at radius 3 is 2.84 bits per heavy atom. The number of benzene rings is 1. The number of aromatic nitrogens is 3. The molecule has 0 saturated heterocycles. The molecule has 0 spiro atoms. The Hall–Kier alpha value is -2.08. The second-order valence-electron chi connectivity index (χ2n) is 4.08. The van der Waals surface area contributed by atoms with Gasteiger partial charge in [-0.1, -0.05) is 12.1 Å². The Labute approximate surface area is 112 Å². The van der Waals surface area contributed by atoms with Gasteiger partial charge in [0, 0.05) is 7.05 Å². The van der Waals surface area contributed by atoms with Gasteiger partial charge < -0.3 is 15.2 Å². The van der Waals surface area contributed by atoms with E-state index in [4.69, 9.17) is 15.2 Å². The third kappa shape index (κ3) is 3.03. The van der Waals surface area contributed by atoms with E-state index < -0.39 is 0 Å². The highest BCUT2D eigenvalue weighted by Gasteiger charge is 2.11. The van der Waals surface area contributed by atoms with E-state index in [-0.39, 0.29) is 0 Å². The first-order chi connectivity index (χ1) is 9.26. The fourth-order valence-corrected chi connectivity index (χ4v) is 1.83. The van der Waals surface area contributed by atoms with Crippen LogP contribution >= 0.6 is 0 Å². The highest BCUT2D eigenvalue weighted by atomic mass is 16.5. The molecule has 102 valence electrons. The molecule has 0 radical (unpaired) electrons. The molecule has 2 aromatic rings. The number of para-hydroxylation sites is 1. The lowest BCUT2D eigenvalue weighted by Gasteiger charge is -2.14. The Morgan fingerprint density at radius 2 is 2.21 bits per heavy atom. The lowest BCUT2D eigenvalue weighted by Crippen LogP contribution is -2.09. The van der Waals surface area contributed by atoms with Crippen LogP contribution in [0.25, 0.3) is 0 Å². The molecule has 1 aromatic heterocycles. The highest BCUT2D eigenvalue weighted by molar-refractivity contribution is 5.46. The lowest BCUT2D eigenvalue weighted by atomic mass is 10.1. The van der Waals surface area contributed by atoms with E-state index in [1.165, 1.54) is 6.33 Å². The van der Waals surface area contributed by atoms with Crippen molar-refractivity contribution < 1.29 is 9.47 Å². The molecule has 6 heteroatoms. The second-order valence-corrected chi connectivity index (χ2v) is 4.08. The molecule has 19 heavy (non-hydrogen) atoms. The summed E-state index contributed by atoms with van der Waals surface area (Å²) in [6.07, 6.45) is 2.24. The molecular formula is C13H18N4O2. The summed E-state index contributed by atoms with van der Waals surface area (Å²) < 4.78 is 12.8. The van der Waals surface area contributed by atoms with Gasteiger partial charge in [0.05, 0.1) is 7.11 Å². The Bertz CT molecular complexity index is 539. The van der Waals surface area contributed by atoms with Gasteiger partial charge in [0.2, 0.25) is 0 Å². The Morgan fingerprint density at radius 1 is 1.37 bits per heavy atom. The van der Waals surface area contributed by atoms with Crippen LogP contribution in [0.4, 0.5) is 0 Å². The lowest BCUT2D eigenvalue weighted by molar-refractivity contribution is 0.269. The van der Waals surface area contributed by atoms with Crippen molar-refractivity contribution in [1.29, 1.82) is 0 Å². The molecule has 0 bridgehead atoms. The monoisotopic (exact) mass is 262 g/mol. The standard InChI is InChI=1S/C13H18N4O2/c1-17-12(15-9-16-17)8-19-13-10(6-7-14)4-3-5-11(13)18-2/h3-5,9H,6-8,14H2,1-2H3. The number of hydrogen-bond donors (Lipinski definition) is 1. The van der Waals surface area contributed by atoms with Crippen molar-refractivity contribution in [2.75, 3.05) is 13.7 Å². The third-order valence-corrected chi connectivity index (χ3v) is 2.84. The van der Waals surface area contributed by atoms with Gasteiger partial charge in [0.1, 0.15) is 12.9 Å². The smallest absolute Gasteiger partial charge is 0.165 e. The van der Waals surface area contributed by atoms with Crippen molar-refractivity contribution in [2.24, 2.45) is 12.8 Å². The van der Waals surface area contributed by atoms with Crippen LogP contribution in [0.3, 0.4) is 0 Å². The minimum atomic E-state index is 0.342. The minimum Gasteiger partial charge on any atom is -0.493 e. The fourth-order valence-electron chi connectivity index (χ4n) is 1.83. The molecule has 2 N–H and O–H groups in total. The Kier molecular flexibility index (Phi) is 4.35. The SMILES string of the molecule is COc1cccc(CCN)c1OCc1ncnn1C. The first-order valence-corrected chi connectivity index (χ1v) is 6.08. The Balaban J connectivity index is 2.20. The van der Waals surface area contributed by atoms with Crippen LogP contribution in [-0.2, 0) is 20.1 Å². The molecule has 0 fully saturated rings. The summed E-state index contributed by atoms with van der Waals surface area (Å²) in [6.45, 7) is 0.905. The maximum absolute atomic E-state index is 5.83. The summed E-state index contributed by atoms with van der Waals surface area (Å²) in [6, 6.07) is 5.78. The van der Waals surface area contributed by atoms with Gasteiger partial charge in [-0.15, -0.1) is 0 Å². The average Bonchev–Trinajstić information content (AvgIpc) is 2.83. The second kappa shape index (κ2) is 6.19. The van der Waals surface area contributed by atoms with Crippen molar-refractivity contribution >= 4 is 0 Å². The maximum atomic E-state index is 5.83. The van der Waals surface area contributed by atoms with Gasteiger partial charge >= 0.3 is 0 Å². The van der Waals surface area contributed by atoms with E-state index in [0.717, 1.165) is 23.6 Å². The van der Waals surface area contributed by atoms with E-state index in [1.807, 2.05) is 25.2 Å². The predicted octanol–water partition coefficient (Wildman–Crippen LogP) is 0.904. The molecule has 1 aromatic carbocycles. The molecule has 6 nitrogen and oxygen atoms in total. The summed E-state index contributed by atoms with van der Waals surface area (Å²) in [4.78, 5) is 4.12. The van der Waals surface area contributed by atoms with Crippen LogP contribution in [-0.4, -0.2) is 28.4 Å². The van der Waals surface area contributed by atoms with Crippen LogP contribution in [0.5, 0.6) is 11.5 Å². The predicted molar refractivity (Wildman–Crippen MR) is 71.1 cm³/mol. The van der Waals surface area contributed by atoms with Crippen LogP contribution in [0.15, 0.2) is 24.5 Å². The summed E-state index contributed by atoms with van der Waals surface area (Å²) in [5.41, 5.74) is 6.64. The summed E-state index contributed by atoms with van der Waals surface area (Å²) in [5, 5.41) is 4.00. The molecule has 0 atom stereocenters. The maximum Gasteiger partial charge on any atom is 0.165 e. The zero-order chi connectivity index (χ0) is 13.7. The number of methoxy groups -OCH3 is 1. The molecule has 0 aliphatic heterocycles. The molecule has 1 heterocycles. The molecule has 0 aliphatic carbocycles. The van der Waals surface area contributed by atoms with Gasteiger partial charge in [0.15, 0.2) is 17.3 Å². The number of aryl methyl sites for hydroxylation is 1. The minimum absolute atomic E-state index is 0.342. The third-order valence-electron chi connectivity index (χ3n) is 2.84. The number of ether oxygens (including phenoxy) is 2. The first kappa shape index (κ1) is 13.4. The number of rotatable bonds is 6.